The fraction of sp³-hybridized carbons (Fsp3) is 0.381. The second kappa shape index (κ2) is 9.22. The molecule has 0 bridgehead atoms. The van der Waals surface area contributed by atoms with Gasteiger partial charge in [-0.1, -0.05) is 18.2 Å². The first kappa shape index (κ1) is 20.9. The number of aromatic amines is 1. The van der Waals surface area contributed by atoms with Crippen LogP contribution in [0.25, 0.3) is 10.7 Å². The maximum absolute atomic E-state index is 13.0. The largest absolute Gasteiger partial charge is 0.324 e. The number of benzene rings is 1. The molecule has 1 aliphatic rings. The van der Waals surface area contributed by atoms with Gasteiger partial charge in [0.2, 0.25) is 5.91 Å². The molecular weight excluding hydrogens is 416 g/mol. The number of rotatable bonds is 6. The minimum Gasteiger partial charge on any atom is -0.324 e. The zero-order valence-electron chi connectivity index (χ0n) is 17.2. The van der Waals surface area contributed by atoms with Crippen LogP contribution in [0.2, 0.25) is 0 Å². The number of carbonyl (C=O) groups excluding carboxylic acids is 1. The maximum Gasteiger partial charge on any atom is 0.247 e. The molecule has 0 radical (unpaired) electrons. The van der Waals surface area contributed by atoms with Crippen LogP contribution in [0.5, 0.6) is 0 Å². The van der Waals surface area contributed by atoms with Crippen LogP contribution < -0.4 is 5.32 Å². The predicted molar refractivity (Wildman–Crippen MR) is 123 cm³/mol. The molecule has 1 fully saturated rings. The van der Waals surface area contributed by atoms with Crippen molar-refractivity contribution in [2.24, 2.45) is 0 Å². The summed E-state index contributed by atoms with van der Waals surface area (Å²) in [6.45, 7) is 7.04. The Hall–Kier alpha value is -2.33. The first-order chi connectivity index (χ1) is 14.5. The van der Waals surface area contributed by atoms with Crippen molar-refractivity contribution >= 4 is 35.1 Å². The third-order valence-corrected chi connectivity index (χ3v) is 6.56. The summed E-state index contributed by atoms with van der Waals surface area (Å²) in [5, 5.41) is 12.2. The number of anilines is 1. The molecule has 158 valence electrons. The van der Waals surface area contributed by atoms with Crippen molar-refractivity contribution in [1.82, 2.24) is 24.6 Å². The Morgan fingerprint density at radius 1 is 1.27 bits per heavy atom. The SMILES string of the molecule is CC(C(=O)Nc1cccc(CN2CCN(C)CC2)c1)n1c(-c2cccs2)n[nH]c1=S. The lowest BCUT2D eigenvalue weighted by Crippen LogP contribution is -2.43. The van der Waals surface area contributed by atoms with E-state index in [-0.39, 0.29) is 5.91 Å². The Morgan fingerprint density at radius 3 is 2.80 bits per heavy atom. The summed E-state index contributed by atoms with van der Waals surface area (Å²) >= 11 is 6.95. The van der Waals surface area contributed by atoms with E-state index >= 15 is 0 Å². The summed E-state index contributed by atoms with van der Waals surface area (Å²) in [7, 11) is 2.16. The summed E-state index contributed by atoms with van der Waals surface area (Å²) in [6.07, 6.45) is 0. The number of likely N-dealkylation sites (N-methyl/N-ethyl adjacent to an activating group) is 1. The molecule has 7 nitrogen and oxygen atoms in total. The van der Waals surface area contributed by atoms with Gasteiger partial charge in [-0.05, 0) is 55.3 Å². The van der Waals surface area contributed by atoms with Gasteiger partial charge in [0.15, 0.2) is 10.6 Å². The molecule has 30 heavy (non-hydrogen) atoms. The second-order valence-corrected chi connectivity index (χ2v) is 8.98. The van der Waals surface area contributed by atoms with Crippen LogP contribution in [0.3, 0.4) is 0 Å². The van der Waals surface area contributed by atoms with Gasteiger partial charge in [0.1, 0.15) is 6.04 Å². The van der Waals surface area contributed by atoms with E-state index < -0.39 is 6.04 Å². The number of nitrogens with one attached hydrogen (secondary N) is 2. The van der Waals surface area contributed by atoms with Crippen LogP contribution in [0.15, 0.2) is 41.8 Å². The molecule has 4 rings (SSSR count). The monoisotopic (exact) mass is 442 g/mol. The lowest BCUT2D eigenvalue weighted by atomic mass is 10.1. The minimum absolute atomic E-state index is 0.123. The van der Waals surface area contributed by atoms with Gasteiger partial charge in [-0.25, -0.2) is 0 Å². The van der Waals surface area contributed by atoms with Crippen molar-refractivity contribution in [3.8, 4) is 10.7 Å². The number of carbonyl (C=O) groups is 1. The number of aromatic nitrogens is 3. The Labute approximate surface area is 185 Å². The first-order valence-electron chi connectivity index (χ1n) is 10.0. The fourth-order valence-electron chi connectivity index (χ4n) is 3.62. The number of H-pyrrole nitrogens is 1. The third kappa shape index (κ3) is 4.70. The van der Waals surface area contributed by atoms with Gasteiger partial charge in [0, 0.05) is 38.4 Å². The van der Waals surface area contributed by atoms with E-state index in [9.17, 15) is 4.79 Å². The highest BCUT2D eigenvalue weighted by Crippen LogP contribution is 2.26. The smallest absolute Gasteiger partial charge is 0.247 e. The molecule has 3 aromatic rings. The van der Waals surface area contributed by atoms with Crippen molar-refractivity contribution in [3.63, 3.8) is 0 Å². The van der Waals surface area contributed by atoms with E-state index in [1.165, 1.54) is 5.56 Å². The number of piperazine rings is 1. The van der Waals surface area contributed by atoms with Crippen LogP contribution >= 0.6 is 23.6 Å². The maximum atomic E-state index is 13.0. The van der Waals surface area contributed by atoms with E-state index in [1.54, 1.807) is 15.9 Å². The van der Waals surface area contributed by atoms with Crippen molar-refractivity contribution in [2.75, 3.05) is 38.5 Å². The number of nitrogens with zero attached hydrogens (tertiary/aromatic N) is 4. The Balaban J connectivity index is 1.46. The molecule has 3 heterocycles. The number of thiophene rings is 1. The van der Waals surface area contributed by atoms with Crippen LogP contribution in [-0.4, -0.2) is 63.7 Å². The lowest BCUT2D eigenvalue weighted by molar-refractivity contribution is -0.118. The highest BCUT2D eigenvalue weighted by atomic mass is 32.1. The van der Waals surface area contributed by atoms with Crippen molar-refractivity contribution in [1.29, 1.82) is 0 Å². The third-order valence-electron chi connectivity index (χ3n) is 5.41. The summed E-state index contributed by atoms with van der Waals surface area (Å²) in [4.78, 5) is 18.8. The Bertz CT molecular complexity index is 1050. The van der Waals surface area contributed by atoms with Crippen molar-refractivity contribution in [3.05, 3.63) is 52.1 Å². The Kier molecular flexibility index (Phi) is 6.43. The van der Waals surface area contributed by atoms with Gasteiger partial charge in [-0.15, -0.1) is 11.3 Å². The topological polar surface area (TPSA) is 69.2 Å². The van der Waals surface area contributed by atoms with Crippen LogP contribution in [0.1, 0.15) is 18.5 Å². The first-order valence-corrected chi connectivity index (χ1v) is 11.3. The Morgan fingerprint density at radius 2 is 2.07 bits per heavy atom. The van der Waals surface area contributed by atoms with Gasteiger partial charge in [0.25, 0.3) is 0 Å². The molecule has 1 aliphatic heterocycles. The van der Waals surface area contributed by atoms with E-state index in [0.29, 0.717) is 10.6 Å². The van der Waals surface area contributed by atoms with Crippen molar-refractivity contribution in [2.45, 2.75) is 19.5 Å². The zero-order valence-corrected chi connectivity index (χ0v) is 18.8. The quantitative estimate of drug-likeness (QED) is 0.571. The molecule has 1 amide bonds. The molecule has 0 spiro atoms. The molecule has 2 N–H and O–H groups in total. The van der Waals surface area contributed by atoms with E-state index in [2.05, 4.69) is 44.5 Å². The van der Waals surface area contributed by atoms with Crippen LogP contribution in [-0.2, 0) is 11.3 Å². The van der Waals surface area contributed by atoms with Gasteiger partial charge >= 0.3 is 0 Å². The summed E-state index contributed by atoms with van der Waals surface area (Å²) in [5.41, 5.74) is 2.00. The predicted octanol–water partition coefficient (Wildman–Crippen LogP) is 3.62. The minimum atomic E-state index is -0.491. The standard InChI is InChI=1S/C21H26N6OS2/c1-15(27-19(23-24-21(27)29)18-7-4-12-30-18)20(28)22-17-6-3-5-16(13-17)14-26-10-8-25(2)9-11-26/h3-7,12-13,15H,8-11,14H2,1-2H3,(H,22,28)(H,24,29). The van der Waals surface area contributed by atoms with E-state index in [1.807, 2.05) is 36.6 Å². The number of hydrogen-bond acceptors (Lipinski definition) is 6. The average Bonchev–Trinajstić information content (AvgIpc) is 3.39. The normalized spacial score (nSPS) is 16.5. The van der Waals surface area contributed by atoms with Gasteiger partial charge in [-0.2, -0.15) is 5.10 Å². The number of hydrogen-bond donors (Lipinski definition) is 2. The van der Waals surface area contributed by atoms with E-state index in [4.69, 9.17) is 12.2 Å². The average molecular weight is 443 g/mol. The molecule has 0 aliphatic carbocycles. The number of amides is 1. The van der Waals surface area contributed by atoms with Gasteiger partial charge in [-0.3, -0.25) is 19.4 Å². The van der Waals surface area contributed by atoms with Gasteiger partial charge in [0.05, 0.1) is 4.88 Å². The van der Waals surface area contributed by atoms with Crippen molar-refractivity contribution < 1.29 is 4.79 Å². The molecule has 1 saturated heterocycles. The molecule has 9 heteroatoms. The molecule has 1 aromatic carbocycles. The second-order valence-electron chi connectivity index (χ2n) is 7.64. The van der Waals surface area contributed by atoms with Crippen LogP contribution in [0.4, 0.5) is 5.69 Å². The fourth-order valence-corrected chi connectivity index (χ4v) is 4.62. The summed E-state index contributed by atoms with van der Waals surface area (Å²) in [6, 6.07) is 11.5. The molecule has 2 aromatic heterocycles. The highest BCUT2D eigenvalue weighted by molar-refractivity contribution is 7.71. The molecule has 0 saturated carbocycles. The van der Waals surface area contributed by atoms with Gasteiger partial charge < -0.3 is 10.2 Å². The molecule has 1 unspecified atom stereocenters. The summed E-state index contributed by atoms with van der Waals surface area (Å²) < 4.78 is 2.20. The zero-order chi connectivity index (χ0) is 21.1. The van der Waals surface area contributed by atoms with E-state index in [0.717, 1.165) is 43.3 Å². The lowest BCUT2D eigenvalue weighted by Gasteiger charge is -2.32. The molecule has 1 atom stereocenters. The highest BCUT2D eigenvalue weighted by Gasteiger charge is 2.22. The summed E-state index contributed by atoms with van der Waals surface area (Å²) in [5.74, 6) is 0.559. The van der Waals surface area contributed by atoms with Crippen LogP contribution in [0, 0.1) is 4.77 Å². The molecular formula is C21H26N6OS2.